The topological polar surface area (TPSA) is 105 Å². The minimum Gasteiger partial charge on any atom is -0.497 e. The van der Waals surface area contributed by atoms with Crippen molar-refractivity contribution in [3.8, 4) is 17.2 Å². The number of nitrogens with one attached hydrogen (secondary N) is 1. The number of carbonyl (C=O) groups is 2. The molecular weight excluding hydrogens is 614 g/mol. The average molecular weight is 658 g/mol. The van der Waals surface area contributed by atoms with Crippen molar-refractivity contribution in [3.05, 3.63) is 114 Å². The number of nitrogens with zero attached hydrogens (tertiary/aromatic N) is 2. The van der Waals surface area contributed by atoms with E-state index in [9.17, 15) is 18.0 Å². The summed E-state index contributed by atoms with van der Waals surface area (Å²) in [4.78, 5) is 29.4. The molecule has 1 N–H and O–H groups in total. The number of methoxy groups -OCH3 is 1. The van der Waals surface area contributed by atoms with Gasteiger partial charge in [-0.25, -0.2) is 8.42 Å². The van der Waals surface area contributed by atoms with Gasteiger partial charge < -0.3 is 19.7 Å². The fraction of sp³-hybridized carbons (Fsp3) is 0.297. The number of anilines is 1. The van der Waals surface area contributed by atoms with Gasteiger partial charge in [0.1, 0.15) is 29.8 Å². The third kappa shape index (κ3) is 9.36. The van der Waals surface area contributed by atoms with Crippen LogP contribution in [0.3, 0.4) is 0 Å². The molecule has 4 aromatic carbocycles. The van der Waals surface area contributed by atoms with Crippen LogP contribution in [-0.2, 0) is 26.2 Å². The first-order chi connectivity index (χ1) is 22.3. The standard InChI is InChI=1S/C37H43N3O6S/c1-7-34(36(42)38-37(3,4)5)39(25-28-15-19-30(45-6)20-16-28)35(41)26-40(47(43,44)33-23-13-27(2)14-24-33)29-17-21-32(22-18-29)46-31-11-9-8-10-12-31/h8-24,34H,7,25-26H2,1-6H3,(H,38,42)/t34-/m1/s1. The number of hydrogen-bond acceptors (Lipinski definition) is 6. The normalized spacial score (nSPS) is 12.1. The van der Waals surface area contributed by atoms with Gasteiger partial charge in [-0.15, -0.1) is 0 Å². The Morgan fingerprint density at radius 3 is 1.94 bits per heavy atom. The van der Waals surface area contributed by atoms with Gasteiger partial charge in [0.2, 0.25) is 11.8 Å². The van der Waals surface area contributed by atoms with Gasteiger partial charge in [0.05, 0.1) is 17.7 Å². The molecule has 0 unspecified atom stereocenters. The Kier molecular flexibility index (Phi) is 11.3. The van der Waals surface area contributed by atoms with Crippen molar-refractivity contribution in [2.24, 2.45) is 0 Å². The Balaban J connectivity index is 1.73. The molecule has 0 saturated carbocycles. The fourth-order valence-electron chi connectivity index (χ4n) is 4.97. The molecule has 10 heteroatoms. The van der Waals surface area contributed by atoms with E-state index in [1.807, 2.05) is 77.1 Å². The second kappa shape index (κ2) is 15.2. The lowest BCUT2D eigenvalue weighted by Crippen LogP contribution is -2.55. The summed E-state index contributed by atoms with van der Waals surface area (Å²) < 4.78 is 40.7. The quantitative estimate of drug-likeness (QED) is 0.171. The summed E-state index contributed by atoms with van der Waals surface area (Å²) in [5.41, 5.74) is 1.40. The number of ether oxygens (including phenoxy) is 2. The highest BCUT2D eigenvalue weighted by molar-refractivity contribution is 7.92. The van der Waals surface area contributed by atoms with Gasteiger partial charge in [-0.2, -0.15) is 0 Å². The van der Waals surface area contributed by atoms with E-state index < -0.39 is 34.1 Å². The maximum Gasteiger partial charge on any atom is 0.264 e. The van der Waals surface area contributed by atoms with Gasteiger partial charge in [-0.1, -0.05) is 55.0 Å². The molecule has 9 nitrogen and oxygen atoms in total. The van der Waals surface area contributed by atoms with Crippen LogP contribution in [0, 0.1) is 6.92 Å². The second-order valence-electron chi connectivity index (χ2n) is 12.3. The van der Waals surface area contributed by atoms with Crippen molar-refractivity contribution in [2.45, 2.75) is 64.1 Å². The summed E-state index contributed by atoms with van der Waals surface area (Å²) in [7, 11) is -2.64. The van der Waals surface area contributed by atoms with Crippen molar-refractivity contribution < 1.29 is 27.5 Å². The summed E-state index contributed by atoms with van der Waals surface area (Å²) in [6.07, 6.45) is 0.319. The highest BCUT2D eigenvalue weighted by Crippen LogP contribution is 2.29. The van der Waals surface area contributed by atoms with Crippen LogP contribution < -0.4 is 19.1 Å². The van der Waals surface area contributed by atoms with Crippen LogP contribution in [0.2, 0.25) is 0 Å². The van der Waals surface area contributed by atoms with Crippen LogP contribution in [0.5, 0.6) is 17.2 Å². The predicted molar refractivity (Wildman–Crippen MR) is 184 cm³/mol. The monoisotopic (exact) mass is 657 g/mol. The van der Waals surface area contributed by atoms with Crippen LogP contribution in [0.4, 0.5) is 5.69 Å². The Hall–Kier alpha value is -4.83. The highest BCUT2D eigenvalue weighted by Gasteiger charge is 2.34. The molecule has 47 heavy (non-hydrogen) atoms. The largest absolute Gasteiger partial charge is 0.497 e. The van der Waals surface area contributed by atoms with Gasteiger partial charge in [0.25, 0.3) is 10.0 Å². The maximum absolute atomic E-state index is 14.4. The Bertz CT molecular complexity index is 1740. The van der Waals surface area contributed by atoms with Gasteiger partial charge in [-0.05, 0) is 100 Å². The molecule has 0 spiro atoms. The molecule has 0 aromatic heterocycles. The summed E-state index contributed by atoms with van der Waals surface area (Å²) in [6.45, 7) is 8.85. The number of amides is 2. The number of para-hydroxylation sites is 1. The fourth-order valence-corrected chi connectivity index (χ4v) is 6.39. The molecule has 0 bridgehead atoms. The first-order valence-electron chi connectivity index (χ1n) is 15.5. The first kappa shape index (κ1) is 35.0. The van der Waals surface area contributed by atoms with E-state index in [0.717, 1.165) is 15.4 Å². The van der Waals surface area contributed by atoms with E-state index in [1.165, 1.54) is 17.0 Å². The molecule has 2 amide bonds. The van der Waals surface area contributed by atoms with E-state index in [-0.39, 0.29) is 23.0 Å². The molecule has 0 heterocycles. The molecule has 0 aliphatic rings. The minimum atomic E-state index is -4.21. The number of hydrogen-bond donors (Lipinski definition) is 1. The molecule has 248 valence electrons. The maximum atomic E-state index is 14.4. The summed E-state index contributed by atoms with van der Waals surface area (Å²) in [5, 5.41) is 2.98. The van der Waals surface area contributed by atoms with E-state index in [0.29, 0.717) is 23.7 Å². The van der Waals surface area contributed by atoms with Crippen LogP contribution in [0.1, 0.15) is 45.2 Å². The number of rotatable bonds is 13. The highest BCUT2D eigenvalue weighted by atomic mass is 32.2. The summed E-state index contributed by atoms with van der Waals surface area (Å²) >= 11 is 0. The minimum absolute atomic E-state index is 0.0414. The SMILES string of the molecule is CC[C@H](C(=O)NC(C)(C)C)N(Cc1ccc(OC)cc1)C(=O)CN(c1ccc(Oc2ccccc2)cc1)S(=O)(=O)c1ccc(C)cc1. The van der Waals surface area contributed by atoms with E-state index >= 15 is 0 Å². The van der Waals surface area contributed by atoms with E-state index in [4.69, 9.17) is 9.47 Å². The molecule has 0 aliphatic carbocycles. The lowest BCUT2D eigenvalue weighted by molar-refractivity contribution is -0.141. The number of aryl methyl sites for hydroxylation is 1. The van der Waals surface area contributed by atoms with Crippen molar-refractivity contribution in [2.75, 3.05) is 18.0 Å². The predicted octanol–water partition coefficient (Wildman–Crippen LogP) is 6.71. The van der Waals surface area contributed by atoms with Crippen molar-refractivity contribution >= 4 is 27.5 Å². The van der Waals surface area contributed by atoms with Gasteiger partial charge >= 0.3 is 0 Å². The summed E-state index contributed by atoms with van der Waals surface area (Å²) in [5.74, 6) is 0.936. The molecule has 1 atom stereocenters. The number of carbonyl (C=O) groups excluding carboxylic acids is 2. The Labute approximate surface area is 278 Å². The third-order valence-corrected chi connectivity index (χ3v) is 9.18. The first-order valence-corrected chi connectivity index (χ1v) is 16.9. The van der Waals surface area contributed by atoms with Crippen molar-refractivity contribution in [1.29, 1.82) is 0 Å². The molecule has 0 radical (unpaired) electrons. The molecule has 0 saturated heterocycles. The van der Waals surface area contributed by atoms with Crippen molar-refractivity contribution in [3.63, 3.8) is 0 Å². The lowest BCUT2D eigenvalue weighted by atomic mass is 10.1. The lowest BCUT2D eigenvalue weighted by Gasteiger charge is -2.34. The van der Waals surface area contributed by atoms with Crippen LogP contribution in [-0.4, -0.2) is 50.4 Å². The van der Waals surface area contributed by atoms with Gasteiger partial charge in [0.15, 0.2) is 0 Å². The van der Waals surface area contributed by atoms with Crippen LogP contribution in [0.15, 0.2) is 108 Å². The van der Waals surface area contributed by atoms with Gasteiger partial charge in [-0.3, -0.25) is 13.9 Å². The zero-order valence-corrected chi connectivity index (χ0v) is 28.6. The number of benzene rings is 4. The Morgan fingerprint density at radius 1 is 0.809 bits per heavy atom. The Morgan fingerprint density at radius 2 is 1.38 bits per heavy atom. The van der Waals surface area contributed by atoms with Crippen molar-refractivity contribution in [1.82, 2.24) is 10.2 Å². The molecule has 0 fully saturated rings. The third-order valence-electron chi connectivity index (χ3n) is 7.39. The molecule has 4 aromatic rings. The van der Waals surface area contributed by atoms with Crippen LogP contribution in [0.25, 0.3) is 0 Å². The van der Waals surface area contributed by atoms with E-state index in [2.05, 4.69) is 5.32 Å². The van der Waals surface area contributed by atoms with Gasteiger partial charge in [0, 0.05) is 12.1 Å². The smallest absolute Gasteiger partial charge is 0.264 e. The van der Waals surface area contributed by atoms with E-state index in [1.54, 1.807) is 55.6 Å². The average Bonchev–Trinajstić information content (AvgIpc) is 3.04. The van der Waals surface area contributed by atoms with Crippen LogP contribution >= 0.6 is 0 Å². The molecular formula is C37H43N3O6S. The second-order valence-corrected chi connectivity index (χ2v) is 14.1. The molecule has 4 rings (SSSR count). The number of sulfonamides is 1. The zero-order chi connectivity index (χ0) is 34.2. The summed E-state index contributed by atoms with van der Waals surface area (Å²) in [6, 6.07) is 28.6. The molecule has 0 aliphatic heterocycles. The zero-order valence-electron chi connectivity index (χ0n) is 27.8.